The first kappa shape index (κ1) is 21.9. The van der Waals surface area contributed by atoms with Crippen molar-refractivity contribution in [1.82, 2.24) is 5.43 Å². The monoisotopic (exact) mass is 425 g/mol. The van der Waals surface area contributed by atoms with Crippen molar-refractivity contribution in [2.75, 3.05) is 18.7 Å². The van der Waals surface area contributed by atoms with Crippen LogP contribution in [0.25, 0.3) is 0 Å². The second-order valence-electron chi connectivity index (χ2n) is 7.91. The minimum atomic E-state index is -5.04. The number of amides is 1. The molecule has 0 saturated heterocycles. The third-order valence-corrected chi connectivity index (χ3v) is 5.19. The maximum absolute atomic E-state index is 14.0. The smallest absolute Gasteiger partial charge is 0.419 e. The van der Waals surface area contributed by atoms with Gasteiger partial charge in [-0.2, -0.15) is 13.2 Å². The lowest BCUT2D eigenvalue weighted by molar-refractivity contribution is -0.262. The number of carbonyl (C=O) groups excluding carboxylic acids is 1. The minimum Gasteiger partial charge on any atom is -0.496 e. The van der Waals surface area contributed by atoms with Crippen molar-refractivity contribution in [2.24, 2.45) is 0 Å². The van der Waals surface area contributed by atoms with E-state index in [2.05, 4.69) is 5.43 Å². The molecule has 1 heterocycles. The Bertz CT molecular complexity index is 962. The fourth-order valence-electron chi connectivity index (χ4n) is 3.75. The van der Waals surface area contributed by atoms with Crippen LogP contribution < -0.4 is 15.2 Å². The quantitative estimate of drug-likeness (QED) is 0.712. The highest BCUT2D eigenvalue weighted by Crippen LogP contribution is 2.45. The van der Waals surface area contributed by atoms with Crippen LogP contribution in [0.3, 0.4) is 0 Å². The molecule has 0 aliphatic carbocycles. The summed E-state index contributed by atoms with van der Waals surface area (Å²) in [6.45, 7) is 1.93. The molecule has 1 unspecified atom stereocenters. The summed E-state index contributed by atoms with van der Waals surface area (Å²) in [5.74, 6) is -1.11. The number of ether oxygens (including phenoxy) is 1. The summed E-state index contributed by atoms with van der Waals surface area (Å²) in [5.41, 5.74) is -0.389. The van der Waals surface area contributed by atoms with Gasteiger partial charge < -0.3 is 9.84 Å². The van der Waals surface area contributed by atoms with Crippen molar-refractivity contribution in [1.29, 1.82) is 0 Å². The van der Waals surface area contributed by atoms with E-state index in [-0.39, 0.29) is 22.6 Å². The number of halogens is 4. The van der Waals surface area contributed by atoms with Crippen molar-refractivity contribution in [2.45, 2.75) is 37.5 Å². The number of anilines is 1. The van der Waals surface area contributed by atoms with Gasteiger partial charge in [-0.25, -0.2) is 4.39 Å². The van der Waals surface area contributed by atoms with Crippen LogP contribution in [0.1, 0.15) is 36.2 Å². The van der Waals surface area contributed by atoms with E-state index in [0.717, 1.165) is 17.1 Å². The van der Waals surface area contributed by atoms with Crippen LogP contribution in [-0.4, -0.2) is 36.4 Å². The first-order valence-electron chi connectivity index (χ1n) is 9.14. The predicted molar refractivity (Wildman–Crippen MR) is 102 cm³/mol. The van der Waals surface area contributed by atoms with E-state index >= 15 is 0 Å². The average Bonchev–Trinajstić information content (AvgIpc) is 2.96. The minimum absolute atomic E-state index is 0.160. The van der Waals surface area contributed by atoms with Gasteiger partial charge in [0.1, 0.15) is 11.6 Å². The Morgan fingerprint density at radius 2 is 1.80 bits per heavy atom. The number of hydrogen-bond donors (Lipinski definition) is 1. The number of nitrogens with zero attached hydrogens (tertiary/aromatic N) is 2. The number of alkyl halides is 3. The highest BCUT2D eigenvalue weighted by atomic mass is 19.4. The molecule has 1 N–H and O–H groups in total. The number of fused-ring (bicyclic) bond motifs is 1. The second-order valence-corrected chi connectivity index (χ2v) is 7.91. The molecule has 1 aliphatic rings. The Labute approximate surface area is 171 Å². The van der Waals surface area contributed by atoms with Gasteiger partial charge in [-0.3, -0.25) is 9.80 Å². The number of para-hydroxylation sites is 1. The zero-order valence-electron chi connectivity index (χ0n) is 16.6. The second kappa shape index (κ2) is 7.46. The van der Waals surface area contributed by atoms with Gasteiger partial charge in [0.15, 0.2) is 5.60 Å². The summed E-state index contributed by atoms with van der Waals surface area (Å²) < 4.78 is 61.1. The molecule has 0 aromatic heterocycles. The van der Waals surface area contributed by atoms with Crippen molar-refractivity contribution < 1.29 is 32.2 Å². The zero-order valence-corrected chi connectivity index (χ0v) is 16.6. The normalized spacial score (nSPS) is 16.1. The predicted octanol–water partition coefficient (Wildman–Crippen LogP) is 3.98. The third kappa shape index (κ3) is 3.94. The van der Waals surface area contributed by atoms with Crippen LogP contribution in [0.15, 0.2) is 42.5 Å². The van der Waals surface area contributed by atoms with Gasteiger partial charge in [0.05, 0.1) is 24.9 Å². The Hall–Kier alpha value is -2.81. The van der Waals surface area contributed by atoms with Gasteiger partial charge in [-0.1, -0.05) is 26.0 Å². The Balaban J connectivity index is 1.97. The summed E-state index contributed by atoms with van der Waals surface area (Å²) in [4.78, 5) is 12.0. The van der Waals surface area contributed by atoms with Crippen LogP contribution in [-0.2, 0) is 5.41 Å². The van der Waals surface area contributed by atoms with Gasteiger partial charge >= 0.3 is 6.18 Å². The number of β-amino-alcohol motifs (C(OH)–C–C–N with tert-alkyl or cyclic N) is 1. The lowest BCUT2D eigenvalue weighted by Crippen LogP contribution is -2.57. The van der Waals surface area contributed by atoms with Crippen molar-refractivity contribution in [3.63, 3.8) is 0 Å². The summed E-state index contributed by atoms with van der Waals surface area (Å²) in [5, 5.41) is 11.6. The summed E-state index contributed by atoms with van der Waals surface area (Å²) in [6, 6.07) is 9.61. The third-order valence-electron chi connectivity index (χ3n) is 5.19. The summed E-state index contributed by atoms with van der Waals surface area (Å²) in [7, 11) is 1.33. The number of rotatable bonds is 6. The van der Waals surface area contributed by atoms with E-state index in [1.807, 2.05) is 0 Å². The Kier molecular flexibility index (Phi) is 5.44. The molecule has 1 atom stereocenters. The van der Waals surface area contributed by atoms with Crippen LogP contribution in [0, 0.1) is 5.82 Å². The molecule has 5 nitrogen and oxygen atoms in total. The Morgan fingerprint density at radius 1 is 1.13 bits per heavy atom. The molecule has 9 heteroatoms. The van der Waals surface area contributed by atoms with Gasteiger partial charge in [-0.15, -0.1) is 5.43 Å². The molecule has 3 rings (SSSR count). The van der Waals surface area contributed by atoms with Gasteiger partial charge in [0.2, 0.25) is 0 Å². The van der Waals surface area contributed by atoms with E-state index in [1.54, 1.807) is 12.1 Å². The van der Waals surface area contributed by atoms with E-state index < -0.39 is 41.9 Å². The number of benzene rings is 2. The molecule has 1 radical (unpaired) electrons. The van der Waals surface area contributed by atoms with Crippen molar-refractivity contribution in [3.05, 3.63) is 59.4 Å². The lowest BCUT2D eigenvalue weighted by atomic mass is 9.74. The fraction of sp³-hybridized carbons (Fsp3) is 0.381. The first-order chi connectivity index (χ1) is 13.9. The van der Waals surface area contributed by atoms with E-state index in [1.165, 1.54) is 39.2 Å². The van der Waals surface area contributed by atoms with Crippen LogP contribution in [0.5, 0.6) is 5.75 Å². The van der Waals surface area contributed by atoms with Crippen molar-refractivity contribution in [3.8, 4) is 5.75 Å². The number of aliphatic hydroxyl groups is 1. The van der Waals surface area contributed by atoms with Gasteiger partial charge in [0, 0.05) is 5.56 Å². The summed E-state index contributed by atoms with van der Waals surface area (Å²) in [6.07, 6.45) is -5.85. The molecule has 30 heavy (non-hydrogen) atoms. The molecular formula is C21H21F4N2O3. The molecule has 2 aromatic rings. The maximum atomic E-state index is 14.0. The van der Waals surface area contributed by atoms with Crippen LogP contribution in [0.4, 0.5) is 23.2 Å². The standard InChI is InChI=1S/C21H21F4N2O3/c1-19(2,15-10-13(22)8-9-17(15)30-3)11-20(29,21(23,24)25)12-27-16-7-5-4-6-14(16)18(28)26-27/h4-10,29H,11-12H2,1-3H3. The maximum Gasteiger partial charge on any atom is 0.419 e. The molecule has 0 fully saturated rings. The molecule has 0 spiro atoms. The Morgan fingerprint density at radius 3 is 2.43 bits per heavy atom. The average molecular weight is 425 g/mol. The first-order valence-corrected chi connectivity index (χ1v) is 9.14. The zero-order chi connectivity index (χ0) is 22.3. The molecule has 1 amide bonds. The number of carbonyl (C=O) groups is 1. The molecule has 161 valence electrons. The van der Waals surface area contributed by atoms with E-state index in [9.17, 15) is 27.5 Å². The number of hydrogen-bond acceptors (Lipinski definition) is 4. The van der Waals surface area contributed by atoms with Gasteiger partial charge in [0.25, 0.3) is 5.91 Å². The molecule has 0 saturated carbocycles. The largest absolute Gasteiger partial charge is 0.496 e. The molecule has 1 aliphatic heterocycles. The SMILES string of the molecule is COc1ccc(F)cc1C(C)(C)CC(O)(CN1[N]C(=O)c2ccccc21)C(F)(F)F. The molecule has 2 aromatic carbocycles. The molecule has 0 bridgehead atoms. The molecular weight excluding hydrogens is 404 g/mol. The fourth-order valence-corrected chi connectivity index (χ4v) is 3.75. The van der Waals surface area contributed by atoms with E-state index in [4.69, 9.17) is 4.74 Å². The van der Waals surface area contributed by atoms with Crippen LogP contribution in [0.2, 0.25) is 0 Å². The lowest BCUT2D eigenvalue weighted by Gasteiger charge is -2.40. The van der Waals surface area contributed by atoms with Crippen molar-refractivity contribution >= 4 is 11.6 Å². The topological polar surface area (TPSA) is 63.9 Å². The van der Waals surface area contributed by atoms with E-state index in [0.29, 0.717) is 0 Å². The summed E-state index contributed by atoms with van der Waals surface area (Å²) >= 11 is 0. The highest BCUT2D eigenvalue weighted by molar-refractivity contribution is 6.04. The highest BCUT2D eigenvalue weighted by Gasteiger charge is 2.58. The number of methoxy groups -OCH3 is 1. The van der Waals surface area contributed by atoms with Gasteiger partial charge in [-0.05, 0) is 42.2 Å². The van der Waals surface area contributed by atoms with Crippen LogP contribution >= 0.6 is 0 Å².